The SMILES string of the molecule is CCOC(=O)CCOCCOCCOCCOCCOCCOCCOCCOCCOCCOCCOCCO. The Morgan fingerprint density at radius 3 is 0.829 bits per heavy atom. The fourth-order valence-corrected chi connectivity index (χ4v) is 2.75. The molecule has 246 valence electrons. The highest BCUT2D eigenvalue weighted by Crippen LogP contribution is 1.89. The normalized spacial score (nSPS) is 11.4. The quantitative estimate of drug-likeness (QED) is 0.0764. The molecule has 14 heteroatoms. The van der Waals surface area contributed by atoms with E-state index >= 15 is 0 Å². The van der Waals surface area contributed by atoms with Gasteiger partial charge < -0.3 is 61.9 Å². The Balaban J connectivity index is 3.05. The minimum atomic E-state index is -0.252. The van der Waals surface area contributed by atoms with Crippen LogP contribution in [0.25, 0.3) is 0 Å². The molecule has 0 rings (SSSR count). The van der Waals surface area contributed by atoms with Crippen LogP contribution in [0.3, 0.4) is 0 Å². The number of hydrogen-bond donors (Lipinski definition) is 1. The molecule has 0 aliphatic rings. The molecule has 0 unspecified atom stereocenters. The summed E-state index contributed by atoms with van der Waals surface area (Å²) >= 11 is 0. The number of aliphatic hydroxyl groups excluding tert-OH is 1. The molecule has 0 radical (unpaired) electrons. The Hall–Kier alpha value is -1.01. The maximum Gasteiger partial charge on any atom is 0.308 e. The molecule has 0 atom stereocenters. The highest BCUT2D eigenvalue weighted by atomic mass is 16.6. The summed E-state index contributed by atoms with van der Waals surface area (Å²) in [5.41, 5.74) is 0. The topological polar surface area (TPSA) is 148 Å². The first-order valence-corrected chi connectivity index (χ1v) is 14.4. The number of hydrogen-bond acceptors (Lipinski definition) is 14. The Morgan fingerprint density at radius 2 is 0.610 bits per heavy atom. The molecular formula is C27H54O14. The van der Waals surface area contributed by atoms with E-state index in [1.54, 1.807) is 6.92 Å². The van der Waals surface area contributed by atoms with E-state index in [0.29, 0.717) is 152 Å². The van der Waals surface area contributed by atoms with Crippen molar-refractivity contribution in [3.8, 4) is 0 Å². The molecule has 0 aromatic carbocycles. The molecule has 0 aliphatic heterocycles. The monoisotopic (exact) mass is 602 g/mol. The van der Waals surface area contributed by atoms with Crippen molar-refractivity contribution in [2.75, 3.05) is 159 Å². The van der Waals surface area contributed by atoms with Crippen LogP contribution in [0.4, 0.5) is 0 Å². The lowest BCUT2D eigenvalue weighted by Gasteiger charge is -2.09. The standard InChI is InChI=1S/C27H54O14/c1-2-41-27(29)3-5-30-7-9-32-11-13-34-15-17-36-19-21-38-23-25-40-26-24-39-22-20-37-18-16-35-14-12-33-10-8-31-6-4-28/h28H,2-26H2,1H3. The third kappa shape index (κ3) is 37.0. The van der Waals surface area contributed by atoms with E-state index in [-0.39, 0.29) is 19.0 Å². The van der Waals surface area contributed by atoms with Crippen molar-refractivity contribution in [3.63, 3.8) is 0 Å². The molecule has 0 saturated carbocycles. The summed E-state index contributed by atoms with van der Waals surface area (Å²) in [5, 5.41) is 8.56. The number of ether oxygens (including phenoxy) is 12. The van der Waals surface area contributed by atoms with E-state index in [9.17, 15) is 4.79 Å². The van der Waals surface area contributed by atoms with Gasteiger partial charge in [-0.05, 0) is 6.92 Å². The highest BCUT2D eigenvalue weighted by molar-refractivity contribution is 5.69. The summed E-state index contributed by atoms with van der Waals surface area (Å²) in [7, 11) is 0. The second-order valence-corrected chi connectivity index (χ2v) is 8.01. The molecule has 0 aromatic heterocycles. The van der Waals surface area contributed by atoms with Crippen LogP contribution in [-0.4, -0.2) is 170 Å². The Kier molecular flexibility index (Phi) is 36.1. The highest BCUT2D eigenvalue weighted by Gasteiger charge is 2.01. The van der Waals surface area contributed by atoms with Crippen LogP contribution in [0.2, 0.25) is 0 Å². The summed E-state index contributed by atoms with van der Waals surface area (Å²) in [4.78, 5) is 11.1. The maximum absolute atomic E-state index is 11.1. The first kappa shape index (κ1) is 40.0. The Labute approximate surface area is 245 Å². The van der Waals surface area contributed by atoms with Gasteiger partial charge in [-0.1, -0.05) is 0 Å². The maximum atomic E-state index is 11.1. The van der Waals surface area contributed by atoms with Crippen LogP contribution < -0.4 is 0 Å². The van der Waals surface area contributed by atoms with Gasteiger partial charge in [-0.15, -0.1) is 0 Å². The van der Waals surface area contributed by atoms with Gasteiger partial charge in [0.05, 0.1) is 165 Å². The minimum absolute atomic E-state index is 0.0228. The van der Waals surface area contributed by atoms with Gasteiger partial charge in [-0.2, -0.15) is 0 Å². The summed E-state index contributed by atoms with van der Waals surface area (Å²) in [6.07, 6.45) is 0.255. The van der Waals surface area contributed by atoms with Crippen LogP contribution in [0.15, 0.2) is 0 Å². The molecule has 0 bridgehead atoms. The number of esters is 1. The van der Waals surface area contributed by atoms with E-state index in [2.05, 4.69) is 0 Å². The molecule has 0 aromatic rings. The average molecular weight is 603 g/mol. The van der Waals surface area contributed by atoms with Crippen molar-refractivity contribution < 1.29 is 66.7 Å². The summed E-state index contributed by atoms with van der Waals surface area (Å²) in [6, 6.07) is 0. The predicted octanol–water partition coefficient (Wildman–Crippen LogP) is 0.115. The zero-order valence-corrected chi connectivity index (χ0v) is 24.9. The van der Waals surface area contributed by atoms with Crippen molar-refractivity contribution in [2.45, 2.75) is 13.3 Å². The van der Waals surface area contributed by atoms with Gasteiger partial charge in [-0.3, -0.25) is 4.79 Å². The number of carbonyl (C=O) groups is 1. The lowest BCUT2D eigenvalue weighted by Crippen LogP contribution is -2.15. The third-order valence-electron chi connectivity index (χ3n) is 4.71. The van der Waals surface area contributed by atoms with Gasteiger partial charge >= 0.3 is 5.97 Å². The number of carbonyl (C=O) groups excluding carboxylic acids is 1. The molecule has 0 saturated heterocycles. The van der Waals surface area contributed by atoms with Crippen LogP contribution in [-0.2, 0) is 61.6 Å². The zero-order valence-electron chi connectivity index (χ0n) is 24.9. The van der Waals surface area contributed by atoms with Crippen molar-refractivity contribution in [2.24, 2.45) is 0 Å². The minimum Gasteiger partial charge on any atom is -0.466 e. The van der Waals surface area contributed by atoms with Crippen molar-refractivity contribution in [1.29, 1.82) is 0 Å². The van der Waals surface area contributed by atoms with Gasteiger partial charge in [0.15, 0.2) is 0 Å². The first-order valence-electron chi connectivity index (χ1n) is 14.4. The number of rotatable bonds is 36. The van der Waals surface area contributed by atoms with Crippen molar-refractivity contribution in [3.05, 3.63) is 0 Å². The van der Waals surface area contributed by atoms with Gasteiger partial charge in [0.25, 0.3) is 0 Å². The molecule has 0 amide bonds. The third-order valence-corrected chi connectivity index (χ3v) is 4.71. The molecule has 14 nitrogen and oxygen atoms in total. The van der Waals surface area contributed by atoms with E-state index in [0.717, 1.165) is 0 Å². The van der Waals surface area contributed by atoms with E-state index in [1.165, 1.54) is 0 Å². The average Bonchev–Trinajstić information content (AvgIpc) is 2.97. The number of aliphatic hydroxyl groups is 1. The lowest BCUT2D eigenvalue weighted by molar-refractivity contribution is -0.144. The molecule has 0 heterocycles. The second kappa shape index (κ2) is 37.0. The van der Waals surface area contributed by atoms with Gasteiger partial charge in [0.1, 0.15) is 0 Å². The fourth-order valence-electron chi connectivity index (χ4n) is 2.75. The summed E-state index contributed by atoms with van der Waals surface area (Å²) in [6.45, 7) is 12.6. The first-order chi connectivity index (χ1) is 20.3. The Bertz CT molecular complexity index is 501. The van der Waals surface area contributed by atoms with Crippen LogP contribution in [0, 0.1) is 0 Å². The van der Waals surface area contributed by atoms with Gasteiger partial charge in [-0.25, -0.2) is 0 Å². The van der Waals surface area contributed by atoms with E-state index in [1.807, 2.05) is 0 Å². The van der Waals surface area contributed by atoms with Crippen molar-refractivity contribution in [1.82, 2.24) is 0 Å². The van der Waals surface area contributed by atoms with Crippen LogP contribution in [0.1, 0.15) is 13.3 Å². The molecule has 41 heavy (non-hydrogen) atoms. The summed E-state index contributed by atoms with van der Waals surface area (Å²) in [5.74, 6) is -0.252. The van der Waals surface area contributed by atoms with Crippen LogP contribution >= 0.6 is 0 Å². The molecular weight excluding hydrogens is 548 g/mol. The van der Waals surface area contributed by atoms with E-state index in [4.69, 9.17) is 61.9 Å². The Morgan fingerprint density at radius 1 is 0.390 bits per heavy atom. The summed E-state index contributed by atoms with van der Waals surface area (Å²) < 4.78 is 63.9. The largest absolute Gasteiger partial charge is 0.466 e. The zero-order chi connectivity index (χ0) is 29.7. The van der Waals surface area contributed by atoms with E-state index < -0.39 is 0 Å². The van der Waals surface area contributed by atoms with Gasteiger partial charge in [0.2, 0.25) is 0 Å². The molecule has 1 N–H and O–H groups in total. The molecule has 0 aliphatic carbocycles. The van der Waals surface area contributed by atoms with Gasteiger partial charge in [0, 0.05) is 0 Å². The van der Waals surface area contributed by atoms with Crippen LogP contribution in [0.5, 0.6) is 0 Å². The second-order valence-electron chi connectivity index (χ2n) is 8.01. The lowest BCUT2D eigenvalue weighted by atomic mass is 10.5. The fraction of sp³-hybridized carbons (Fsp3) is 0.963. The smallest absolute Gasteiger partial charge is 0.308 e. The molecule has 0 fully saturated rings. The predicted molar refractivity (Wildman–Crippen MR) is 147 cm³/mol. The molecule has 0 spiro atoms. The van der Waals surface area contributed by atoms with Crippen molar-refractivity contribution >= 4 is 5.97 Å².